The summed E-state index contributed by atoms with van der Waals surface area (Å²) in [6.45, 7) is 19.6. The van der Waals surface area contributed by atoms with Crippen molar-refractivity contribution in [1.29, 1.82) is 0 Å². The Bertz CT molecular complexity index is 1340. The van der Waals surface area contributed by atoms with Gasteiger partial charge in [-0.2, -0.15) is 0 Å². The third-order valence-corrected chi connectivity index (χ3v) is 14.8. The smallest absolute Gasteiger partial charge is 0.331 e. The van der Waals surface area contributed by atoms with E-state index < -0.39 is 0 Å². The Labute approximate surface area is 267 Å². The molecule has 4 fully saturated rings. The van der Waals surface area contributed by atoms with E-state index in [1.807, 2.05) is 30.3 Å². The van der Waals surface area contributed by atoms with Gasteiger partial charge < -0.3 is 14.6 Å². The molecule has 5 aliphatic rings. The van der Waals surface area contributed by atoms with Crippen molar-refractivity contribution in [2.45, 2.75) is 125 Å². The number of allylic oxidation sites excluding steroid dienone is 1. The lowest BCUT2D eigenvalue weighted by Crippen LogP contribution is -2.67. The van der Waals surface area contributed by atoms with Gasteiger partial charge in [-0.25, -0.2) is 4.79 Å². The summed E-state index contributed by atoms with van der Waals surface area (Å²) < 4.78 is 11.5. The quantitative estimate of drug-likeness (QED) is 0.212. The van der Waals surface area contributed by atoms with Gasteiger partial charge in [0.2, 0.25) is 0 Å². The van der Waals surface area contributed by atoms with Gasteiger partial charge in [-0.15, -0.1) is 0 Å². The van der Waals surface area contributed by atoms with Crippen molar-refractivity contribution in [1.82, 2.24) is 0 Å². The molecule has 0 saturated heterocycles. The first kappa shape index (κ1) is 31.9. The van der Waals surface area contributed by atoms with Crippen LogP contribution in [0, 0.1) is 50.2 Å². The third kappa shape index (κ3) is 4.66. The Morgan fingerprint density at radius 2 is 1.59 bits per heavy atom. The van der Waals surface area contributed by atoms with Crippen LogP contribution in [0.4, 0.5) is 0 Å². The van der Waals surface area contributed by atoms with Gasteiger partial charge in [0.1, 0.15) is 11.9 Å². The van der Waals surface area contributed by atoms with Crippen LogP contribution in [0.1, 0.15) is 119 Å². The van der Waals surface area contributed by atoms with Crippen LogP contribution in [0.3, 0.4) is 0 Å². The molecular weight excluding hydrogens is 544 g/mol. The number of fused-ring (bicyclic) bond motifs is 7. The summed E-state index contributed by atoms with van der Waals surface area (Å²) in [6, 6.07) is 7.69. The summed E-state index contributed by atoms with van der Waals surface area (Å²) in [5, 5.41) is 12.2. The molecule has 0 amide bonds. The van der Waals surface area contributed by atoms with Crippen molar-refractivity contribution in [3.05, 3.63) is 47.6 Å². The first-order valence-corrected chi connectivity index (χ1v) is 17.4. The second kappa shape index (κ2) is 10.5. The average Bonchev–Trinajstić information content (AvgIpc) is 2.95. The van der Waals surface area contributed by atoms with E-state index in [1.165, 1.54) is 19.3 Å². The summed E-state index contributed by atoms with van der Waals surface area (Å²) in [5.41, 5.74) is 2.97. The maximum Gasteiger partial charge on any atom is 0.331 e. The standard InChI is InChI=1S/C40H58O4/c1-35(2)22-23-37(5)25-32(41)40(8)28(29(37)24-35)15-16-31-38(6)20-19-33(36(3,4)30(38)18-21-39(31,40)7)44-34(42)17-12-26-10-13-27(43-9)14-11-26/h10-15,17,29-33,41H,16,18-25H2,1-9H3/b17-12+/t29-,30+,31-,32+,33+,37-,38+,39-,40+/m1/s1. The predicted molar refractivity (Wildman–Crippen MR) is 178 cm³/mol. The summed E-state index contributed by atoms with van der Waals surface area (Å²) in [6.07, 6.45) is 15.6. The summed E-state index contributed by atoms with van der Waals surface area (Å²) in [5.74, 6) is 2.07. The lowest BCUT2D eigenvalue weighted by atomic mass is 9.33. The molecule has 4 heteroatoms. The van der Waals surface area contributed by atoms with E-state index in [9.17, 15) is 9.90 Å². The number of rotatable bonds is 4. The topological polar surface area (TPSA) is 55.8 Å². The van der Waals surface area contributed by atoms with Gasteiger partial charge in [0, 0.05) is 16.9 Å². The van der Waals surface area contributed by atoms with Crippen LogP contribution < -0.4 is 4.74 Å². The second-order valence-electron chi connectivity index (χ2n) is 17.9. The average molecular weight is 603 g/mol. The normalized spacial score (nSPS) is 44.0. The lowest BCUT2D eigenvalue weighted by Gasteiger charge is -2.72. The monoisotopic (exact) mass is 602 g/mol. The minimum absolute atomic E-state index is 0.0470. The molecule has 0 unspecified atom stereocenters. The maximum absolute atomic E-state index is 13.1. The molecule has 0 spiro atoms. The fraction of sp³-hybridized carbons (Fsp3) is 0.725. The van der Waals surface area contributed by atoms with Crippen LogP contribution in [-0.2, 0) is 9.53 Å². The van der Waals surface area contributed by atoms with Crippen LogP contribution in [0.2, 0.25) is 0 Å². The highest BCUT2D eigenvalue weighted by Crippen LogP contribution is 2.75. The van der Waals surface area contributed by atoms with Gasteiger partial charge in [0.15, 0.2) is 0 Å². The molecule has 44 heavy (non-hydrogen) atoms. The number of carbonyl (C=O) groups excluding carboxylic acids is 1. The van der Waals surface area contributed by atoms with E-state index in [0.717, 1.165) is 49.8 Å². The van der Waals surface area contributed by atoms with Crippen molar-refractivity contribution in [2.24, 2.45) is 50.2 Å². The second-order valence-corrected chi connectivity index (χ2v) is 17.9. The Kier molecular flexibility index (Phi) is 7.59. The number of aliphatic hydroxyl groups excluding tert-OH is 1. The highest BCUT2D eigenvalue weighted by atomic mass is 16.5. The minimum atomic E-state index is -0.299. The molecule has 0 heterocycles. The highest BCUT2D eigenvalue weighted by Gasteiger charge is 2.70. The number of esters is 1. The molecule has 9 atom stereocenters. The molecular formula is C40H58O4. The maximum atomic E-state index is 13.1. The van der Waals surface area contributed by atoms with Crippen molar-refractivity contribution in [3.63, 3.8) is 0 Å². The number of hydrogen-bond donors (Lipinski definition) is 1. The molecule has 0 bridgehead atoms. The van der Waals surface area contributed by atoms with Crippen molar-refractivity contribution >= 4 is 12.0 Å². The molecule has 1 aromatic rings. The van der Waals surface area contributed by atoms with Crippen molar-refractivity contribution < 1.29 is 19.4 Å². The van der Waals surface area contributed by atoms with Gasteiger partial charge in [0.25, 0.3) is 0 Å². The minimum Gasteiger partial charge on any atom is -0.497 e. The summed E-state index contributed by atoms with van der Waals surface area (Å²) in [4.78, 5) is 13.1. The Hall–Kier alpha value is -2.07. The zero-order chi connectivity index (χ0) is 31.9. The van der Waals surface area contributed by atoms with Gasteiger partial charge in [-0.05, 0) is 121 Å². The van der Waals surface area contributed by atoms with E-state index in [-0.39, 0.29) is 45.3 Å². The first-order chi connectivity index (χ1) is 20.5. The number of ether oxygens (including phenoxy) is 2. The molecule has 242 valence electrons. The molecule has 1 aromatic carbocycles. The first-order valence-electron chi connectivity index (χ1n) is 17.4. The molecule has 0 radical (unpaired) electrons. The number of carbonyl (C=O) groups is 1. The van der Waals surface area contributed by atoms with Gasteiger partial charge in [-0.1, -0.05) is 79.2 Å². The Morgan fingerprint density at radius 3 is 2.27 bits per heavy atom. The number of hydrogen-bond acceptors (Lipinski definition) is 4. The lowest BCUT2D eigenvalue weighted by molar-refractivity contribution is -0.227. The van der Waals surface area contributed by atoms with Crippen LogP contribution in [0.15, 0.2) is 42.0 Å². The predicted octanol–water partition coefficient (Wildman–Crippen LogP) is 9.41. The number of aliphatic hydroxyl groups is 1. The van der Waals surface area contributed by atoms with Crippen LogP contribution in [0.25, 0.3) is 6.08 Å². The Balaban J connectivity index is 1.25. The molecule has 0 aromatic heterocycles. The molecule has 5 aliphatic carbocycles. The van der Waals surface area contributed by atoms with Gasteiger partial charge in [-0.3, -0.25) is 0 Å². The number of methoxy groups -OCH3 is 1. The largest absolute Gasteiger partial charge is 0.497 e. The fourth-order valence-electron chi connectivity index (χ4n) is 11.9. The molecule has 4 nitrogen and oxygen atoms in total. The molecule has 1 N–H and O–H groups in total. The third-order valence-electron chi connectivity index (χ3n) is 14.8. The van der Waals surface area contributed by atoms with Gasteiger partial charge >= 0.3 is 5.97 Å². The van der Waals surface area contributed by atoms with E-state index in [4.69, 9.17) is 9.47 Å². The number of benzene rings is 1. The van der Waals surface area contributed by atoms with Crippen LogP contribution >= 0.6 is 0 Å². The van der Waals surface area contributed by atoms with Crippen LogP contribution in [-0.4, -0.2) is 30.4 Å². The van der Waals surface area contributed by atoms with E-state index in [0.29, 0.717) is 23.2 Å². The summed E-state index contributed by atoms with van der Waals surface area (Å²) >= 11 is 0. The zero-order valence-corrected chi connectivity index (χ0v) is 29.0. The van der Waals surface area contributed by atoms with Crippen molar-refractivity contribution in [2.75, 3.05) is 7.11 Å². The SMILES string of the molecule is COc1ccc(/C=C/C(=O)O[C@H]2CC[C@]3(C)[C@H]4CC=C5[C@H]6CC(C)(C)CC[C@]6(C)C[C@H](O)[C@@]5(C)[C@]4(C)CC[C@H]3C2(C)C)cc1. The molecule has 4 saturated carbocycles. The van der Waals surface area contributed by atoms with Crippen molar-refractivity contribution in [3.8, 4) is 5.75 Å². The summed E-state index contributed by atoms with van der Waals surface area (Å²) in [7, 11) is 1.65. The van der Waals surface area contributed by atoms with E-state index >= 15 is 0 Å². The zero-order valence-electron chi connectivity index (χ0n) is 29.0. The fourth-order valence-corrected chi connectivity index (χ4v) is 11.9. The van der Waals surface area contributed by atoms with Gasteiger partial charge in [0.05, 0.1) is 13.2 Å². The highest BCUT2D eigenvalue weighted by molar-refractivity contribution is 5.87. The molecule has 0 aliphatic heterocycles. The molecule has 6 rings (SSSR count). The Morgan fingerprint density at radius 1 is 0.886 bits per heavy atom. The van der Waals surface area contributed by atoms with Crippen LogP contribution in [0.5, 0.6) is 5.75 Å². The van der Waals surface area contributed by atoms with E-state index in [2.05, 4.69) is 61.5 Å². The van der Waals surface area contributed by atoms with E-state index in [1.54, 1.807) is 18.8 Å².